The molecule has 0 aromatic rings. The Morgan fingerprint density at radius 3 is 1.05 bits per heavy atom. The smallest absolute Gasteiger partial charge is 0.306 e. The van der Waals surface area contributed by atoms with Crippen LogP contribution in [-0.2, 0) is 32.7 Å². The number of ether oxygens (including phenoxy) is 2. The van der Waals surface area contributed by atoms with E-state index in [1.165, 1.54) is 57.8 Å². The van der Waals surface area contributed by atoms with Gasteiger partial charge in [-0.05, 0) is 109 Å². The molecule has 0 aliphatic carbocycles. The van der Waals surface area contributed by atoms with Crippen molar-refractivity contribution in [2.75, 3.05) is 47.5 Å². The molecule has 0 rings (SSSR count). The molecule has 0 saturated carbocycles. The largest absolute Gasteiger partial charge is 0.756 e. The van der Waals surface area contributed by atoms with Crippen LogP contribution in [0.4, 0.5) is 0 Å². The van der Waals surface area contributed by atoms with Crippen LogP contribution in [0.25, 0.3) is 0 Å². The molecular weight excluding hydrogens is 966 g/mol. The van der Waals surface area contributed by atoms with Crippen LogP contribution in [0.1, 0.15) is 219 Å². The van der Waals surface area contributed by atoms with Crippen molar-refractivity contribution in [2.24, 2.45) is 0 Å². The van der Waals surface area contributed by atoms with Gasteiger partial charge in [0, 0.05) is 12.8 Å². The average molecular weight is 1080 g/mol. The fourth-order valence-electron chi connectivity index (χ4n) is 7.63. The number of allylic oxidation sites excluding steroid dienone is 22. The summed E-state index contributed by atoms with van der Waals surface area (Å²) in [7, 11) is 1.14. The van der Waals surface area contributed by atoms with Gasteiger partial charge in [-0.3, -0.25) is 14.2 Å². The van der Waals surface area contributed by atoms with Crippen molar-refractivity contribution >= 4 is 19.8 Å². The van der Waals surface area contributed by atoms with Crippen molar-refractivity contribution in [2.45, 2.75) is 225 Å². The van der Waals surface area contributed by atoms with Crippen molar-refractivity contribution in [3.8, 4) is 0 Å². The van der Waals surface area contributed by atoms with Gasteiger partial charge in [0.2, 0.25) is 0 Å². The van der Waals surface area contributed by atoms with Crippen molar-refractivity contribution in [3.05, 3.63) is 134 Å². The number of phosphoric ester groups is 1. The maximum Gasteiger partial charge on any atom is 0.306 e. The molecule has 0 amide bonds. The molecule has 0 bridgehead atoms. The summed E-state index contributed by atoms with van der Waals surface area (Å²) in [5.41, 5.74) is 0. The summed E-state index contributed by atoms with van der Waals surface area (Å²) in [6.07, 6.45) is 80.6. The van der Waals surface area contributed by atoms with Gasteiger partial charge in [-0.25, -0.2) is 0 Å². The van der Waals surface area contributed by atoms with Gasteiger partial charge in [0.1, 0.15) is 19.8 Å². The van der Waals surface area contributed by atoms with Crippen LogP contribution in [0.5, 0.6) is 0 Å². The molecular formula is C66H110NO8P. The first kappa shape index (κ1) is 72.2. The summed E-state index contributed by atoms with van der Waals surface area (Å²) in [6.45, 7) is 3.98. The van der Waals surface area contributed by atoms with E-state index in [0.29, 0.717) is 23.9 Å². The second kappa shape index (κ2) is 55.9. The van der Waals surface area contributed by atoms with Gasteiger partial charge in [0.05, 0.1) is 27.7 Å². The number of rotatable bonds is 53. The first-order valence-electron chi connectivity index (χ1n) is 29.9. The number of unbranched alkanes of at least 4 members (excludes halogenated alkanes) is 17. The van der Waals surface area contributed by atoms with Crippen molar-refractivity contribution < 1.29 is 42.1 Å². The Balaban J connectivity index is 4.22. The maximum atomic E-state index is 12.8. The lowest BCUT2D eigenvalue weighted by atomic mass is 10.0. The summed E-state index contributed by atoms with van der Waals surface area (Å²) in [6, 6.07) is 0. The Bertz CT molecular complexity index is 1740. The molecule has 432 valence electrons. The van der Waals surface area contributed by atoms with E-state index in [-0.39, 0.29) is 26.1 Å². The topological polar surface area (TPSA) is 111 Å². The number of carbonyl (C=O) groups excluding carboxylic acids is 2. The summed E-state index contributed by atoms with van der Waals surface area (Å²) >= 11 is 0. The predicted octanol–water partition coefficient (Wildman–Crippen LogP) is 18.3. The number of esters is 2. The molecule has 0 aromatic heterocycles. The number of hydrogen-bond donors (Lipinski definition) is 0. The van der Waals surface area contributed by atoms with E-state index in [0.717, 1.165) is 122 Å². The van der Waals surface area contributed by atoms with E-state index < -0.39 is 32.5 Å². The first-order chi connectivity index (χ1) is 37.0. The predicted molar refractivity (Wildman–Crippen MR) is 323 cm³/mol. The van der Waals surface area contributed by atoms with Gasteiger partial charge in [-0.2, -0.15) is 0 Å². The SMILES string of the molecule is CC/C=C\C/C=C\C/C=C\C/C=C\C/C=C\C/C=C\CCCCCCCCCCCCC(=O)OC(COC(=O)CCCCCCCCC/C=C\C/C=C\C/C=C\C/C=C\C/C=C\CC)COP(=O)([O-])OCC[N+](C)(C)C. The molecule has 0 radical (unpaired) electrons. The van der Waals surface area contributed by atoms with Gasteiger partial charge >= 0.3 is 11.9 Å². The van der Waals surface area contributed by atoms with E-state index in [2.05, 4.69) is 148 Å². The average Bonchev–Trinajstić information content (AvgIpc) is 3.38. The summed E-state index contributed by atoms with van der Waals surface area (Å²) in [5, 5.41) is 0. The molecule has 0 N–H and O–H groups in total. The zero-order valence-electron chi connectivity index (χ0n) is 48.9. The quantitative estimate of drug-likeness (QED) is 0.0195. The highest BCUT2D eigenvalue weighted by atomic mass is 31.2. The molecule has 0 heterocycles. The number of carbonyl (C=O) groups is 2. The van der Waals surface area contributed by atoms with Crippen LogP contribution in [-0.4, -0.2) is 70.0 Å². The number of quaternary nitrogens is 1. The number of hydrogen-bond acceptors (Lipinski definition) is 8. The van der Waals surface area contributed by atoms with E-state index in [1.807, 2.05) is 21.1 Å². The van der Waals surface area contributed by atoms with E-state index in [1.54, 1.807) is 0 Å². The van der Waals surface area contributed by atoms with E-state index >= 15 is 0 Å². The summed E-state index contributed by atoms with van der Waals surface area (Å²) in [5.74, 6) is -0.859. The Labute approximate surface area is 466 Å². The lowest BCUT2D eigenvalue weighted by molar-refractivity contribution is -0.870. The molecule has 0 aliphatic rings. The third-order valence-corrected chi connectivity index (χ3v) is 13.1. The van der Waals surface area contributed by atoms with Gasteiger partial charge < -0.3 is 27.9 Å². The van der Waals surface area contributed by atoms with Crippen LogP contribution < -0.4 is 4.89 Å². The third-order valence-electron chi connectivity index (χ3n) is 12.2. The first-order valence-corrected chi connectivity index (χ1v) is 31.4. The molecule has 0 spiro atoms. The number of likely N-dealkylation sites (N-methyl/N-ethyl adjacent to an activating group) is 1. The highest BCUT2D eigenvalue weighted by molar-refractivity contribution is 7.45. The second-order valence-corrected chi connectivity index (χ2v) is 22.0. The Hall–Kier alpha value is -3.85. The van der Waals surface area contributed by atoms with Crippen LogP contribution >= 0.6 is 7.82 Å². The maximum absolute atomic E-state index is 12.8. The van der Waals surface area contributed by atoms with Crippen molar-refractivity contribution in [1.82, 2.24) is 0 Å². The van der Waals surface area contributed by atoms with Gasteiger partial charge in [-0.15, -0.1) is 0 Å². The minimum Gasteiger partial charge on any atom is -0.756 e. The van der Waals surface area contributed by atoms with Crippen LogP contribution in [0, 0.1) is 0 Å². The molecule has 2 unspecified atom stereocenters. The Kier molecular flexibility index (Phi) is 53.1. The highest BCUT2D eigenvalue weighted by Gasteiger charge is 2.21. The summed E-state index contributed by atoms with van der Waals surface area (Å²) < 4.78 is 34.2. The Morgan fingerprint density at radius 2 is 0.711 bits per heavy atom. The zero-order chi connectivity index (χ0) is 55.6. The van der Waals surface area contributed by atoms with Crippen LogP contribution in [0.3, 0.4) is 0 Å². The standard InChI is InChI=1S/C66H110NO8P/c1-6-8-10-12-14-16-18-20-22-24-26-28-30-31-32-33-34-35-37-39-41-43-45-47-49-51-53-55-57-59-66(69)75-64(63-74-76(70,71)73-61-60-67(3,4)5)62-72-65(68)58-56-54-52-50-48-46-44-42-40-38-36-29-27-25-23-21-19-17-15-13-11-9-7-2/h8-11,14-17,20-23,26-29,31-32,34-35,38,40,64H,6-7,12-13,18-19,24-25,30,33,36-37,39,41-63H2,1-5H3/b10-8-,11-9-,16-14-,17-15-,22-20-,23-21-,28-26-,29-27-,32-31-,35-34-,40-38-. The lowest BCUT2D eigenvalue weighted by Crippen LogP contribution is -2.37. The normalized spacial score (nSPS) is 14.2. The number of phosphoric acid groups is 1. The van der Waals surface area contributed by atoms with Crippen molar-refractivity contribution in [3.63, 3.8) is 0 Å². The van der Waals surface area contributed by atoms with E-state index in [4.69, 9.17) is 18.5 Å². The zero-order valence-corrected chi connectivity index (χ0v) is 49.8. The molecule has 9 nitrogen and oxygen atoms in total. The lowest BCUT2D eigenvalue weighted by Gasteiger charge is -2.28. The summed E-state index contributed by atoms with van der Waals surface area (Å²) in [4.78, 5) is 37.9. The van der Waals surface area contributed by atoms with Crippen molar-refractivity contribution in [1.29, 1.82) is 0 Å². The second-order valence-electron chi connectivity index (χ2n) is 20.6. The fraction of sp³-hybridized carbons (Fsp3) is 0.636. The highest BCUT2D eigenvalue weighted by Crippen LogP contribution is 2.38. The third kappa shape index (κ3) is 59.4. The van der Waals surface area contributed by atoms with E-state index in [9.17, 15) is 19.0 Å². The fourth-order valence-corrected chi connectivity index (χ4v) is 8.36. The van der Waals surface area contributed by atoms with Crippen LogP contribution in [0.2, 0.25) is 0 Å². The minimum absolute atomic E-state index is 0.0411. The minimum atomic E-state index is -4.65. The van der Waals surface area contributed by atoms with Gasteiger partial charge in [0.25, 0.3) is 7.82 Å². The molecule has 10 heteroatoms. The molecule has 2 atom stereocenters. The van der Waals surface area contributed by atoms with Crippen LogP contribution in [0.15, 0.2) is 134 Å². The molecule has 0 aromatic carbocycles. The monoisotopic (exact) mass is 1080 g/mol. The molecule has 76 heavy (non-hydrogen) atoms. The molecule has 0 fully saturated rings. The number of nitrogens with zero attached hydrogens (tertiary/aromatic N) is 1. The molecule has 0 aliphatic heterocycles. The van der Waals surface area contributed by atoms with Gasteiger partial charge in [0.15, 0.2) is 6.10 Å². The Morgan fingerprint density at radius 1 is 0.408 bits per heavy atom. The van der Waals surface area contributed by atoms with Gasteiger partial charge in [-0.1, -0.05) is 231 Å². The molecule has 0 saturated heterocycles.